The van der Waals surface area contributed by atoms with Crippen LogP contribution in [0.3, 0.4) is 0 Å². The Morgan fingerprint density at radius 2 is 1.93 bits per heavy atom. The van der Waals surface area contributed by atoms with Crippen molar-refractivity contribution in [2.75, 3.05) is 52.5 Å². The highest BCUT2D eigenvalue weighted by Crippen LogP contribution is 2.30. The van der Waals surface area contributed by atoms with Gasteiger partial charge < -0.3 is 20.1 Å². The quantitative estimate of drug-likeness (QED) is 0.190. The van der Waals surface area contributed by atoms with E-state index >= 15 is 0 Å². The van der Waals surface area contributed by atoms with Crippen LogP contribution in [0.1, 0.15) is 32.6 Å². The number of piperidine rings is 1. The number of nitrogens with one attached hydrogen (secondary N) is 2. The Kier molecular flexibility index (Phi) is 12.2. The van der Waals surface area contributed by atoms with Crippen LogP contribution in [0.25, 0.3) is 0 Å². The minimum atomic E-state index is -5.24. The van der Waals surface area contributed by atoms with E-state index in [1.807, 2.05) is 6.92 Å². The van der Waals surface area contributed by atoms with Gasteiger partial charge in [0.1, 0.15) is 0 Å². The molecule has 1 unspecified atom stereocenters. The molecule has 0 bridgehead atoms. The van der Waals surface area contributed by atoms with Gasteiger partial charge in [0.25, 0.3) is 0 Å². The first-order chi connectivity index (χ1) is 13.7. The summed E-state index contributed by atoms with van der Waals surface area (Å²) in [4.78, 5) is 4.49. The van der Waals surface area contributed by atoms with Gasteiger partial charge in [-0.1, -0.05) is 0 Å². The maximum Gasteiger partial charge on any atom is 0.511 e. The third-order valence-electron chi connectivity index (χ3n) is 4.91. The SMILES string of the molecule is CCNC(=NCC1CCN(S(=O)(=O)C(F)(F)F)CC1)NCCCOC1CCOC1.I. The van der Waals surface area contributed by atoms with Crippen molar-refractivity contribution in [2.24, 2.45) is 10.9 Å². The minimum Gasteiger partial charge on any atom is -0.379 e. The normalized spacial score (nSPS) is 22.0. The molecule has 2 saturated heterocycles. The summed E-state index contributed by atoms with van der Waals surface area (Å²) >= 11 is 0. The van der Waals surface area contributed by atoms with E-state index < -0.39 is 15.5 Å². The molecule has 2 aliphatic rings. The highest BCUT2D eigenvalue weighted by Gasteiger charge is 2.50. The van der Waals surface area contributed by atoms with Crippen LogP contribution >= 0.6 is 24.0 Å². The van der Waals surface area contributed by atoms with Crippen molar-refractivity contribution in [3.8, 4) is 0 Å². The fourth-order valence-electron chi connectivity index (χ4n) is 3.21. The summed E-state index contributed by atoms with van der Waals surface area (Å²) < 4.78 is 72.3. The number of nitrogens with zero attached hydrogens (tertiary/aromatic N) is 2. The zero-order valence-electron chi connectivity index (χ0n) is 17.1. The molecule has 2 heterocycles. The Morgan fingerprint density at radius 1 is 1.23 bits per heavy atom. The third-order valence-corrected chi connectivity index (χ3v) is 6.54. The maximum atomic E-state index is 12.6. The van der Waals surface area contributed by atoms with Crippen LogP contribution < -0.4 is 10.6 Å². The fourth-order valence-corrected chi connectivity index (χ4v) is 4.20. The van der Waals surface area contributed by atoms with E-state index in [4.69, 9.17) is 9.47 Å². The Bertz CT molecular complexity index is 623. The molecule has 2 rings (SSSR count). The lowest BCUT2D eigenvalue weighted by atomic mass is 9.98. The summed E-state index contributed by atoms with van der Waals surface area (Å²) in [6.07, 6.45) is 2.64. The number of sulfonamides is 1. The van der Waals surface area contributed by atoms with Gasteiger partial charge in [-0.15, -0.1) is 24.0 Å². The summed E-state index contributed by atoms with van der Waals surface area (Å²) in [5.74, 6) is 0.692. The van der Waals surface area contributed by atoms with Crippen LogP contribution in [0.5, 0.6) is 0 Å². The summed E-state index contributed by atoms with van der Waals surface area (Å²) in [6.45, 7) is 5.52. The van der Waals surface area contributed by atoms with E-state index in [1.54, 1.807) is 0 Å². The molecule has 2 fully saturated rings. The van der Waals surface area contributed by atoms with Crippen LogP contribution in [-0.4, -0.2) is 82.8 Å². The molecule has 0 aromatic carbocycles. The molecule has 0 aliphatic carbocycles. The zero-order chi connectivity index (χ0) is 21.3. The minimum absolute atomic E-state index is 0. The first-order valence-electron chi connectivity index (χ1n) is 10.0. The molecule has 1 atom stereocenters. The largest absolute Gasteiger partial charge is 0.511 e. The van der Waals surface area contributed by atoms with E-state index in [-0.39, 0.29) is 49.1 Å². The van der Waals surface area contributed by atoms with Gasteiger partial charge in [0.05, 0.1) is 12.7 Å². The van der Waals surface area contributed by atoms with Gasteiger partial charge >= 0.3 is 15.5 Å². The molecule has 30 heavy (non-hydrogen) atoms. The van der Waals surface area contributed by atoms with Gasteiger partial charge in [0.15, 0.2) is 5.96 Å². The first-order valence-corrected chi connectivity index (χ1v) is 11.5. The summed E-state index contributed by atoms with van der Waals surface area (Å²) in [5, 5.41) is 6.34. The molecule has 8 nitrogen and oxygen atoms in total. The van der Waals surface area contributed by atoms with Crippen LogP contribution in [0.4, 0.5) is 13.2 Å². The van der Waals surface area contributed by atoms with E-state index in [0.29, 0.717) is 56.0 Å². The van der Waals surface area contributed by atoms with Crippen LogP contribution in [-0.2, 0) is 19.5 Å². The van der Waals surface area contributed by atoms with Crippen molar-refractivity contribution in [2.45, 2.75) is 44.2 Å². The van der Waals surface area contributed by atoms with E-state index in [9.17, 15) is 21.6 Å². The lowest BCUT2D eigenvalue weighted by Gasteiger charge is -2.30. The van der Waals surface area contributed by atoms with E-state index in [2.05, 4.69) is 15.6 Å². The first kappa shape index (κ1) is 27.7. The van der Waals surface area contributed by atoms with Crippen molar-refractivity contribution in [1.29, 1.82) is 0 Å². The Morgan fingerprint density at radius 3 is 2.50 bits per heavy atom. The van der Waals surface area contributed by atoms with Crippen molar-refractivity contribution in [1.82, 2.24) is 14.9 Å². The van der Waals surface area contributed by atoms with Crippen molar-refractivity contribution in [3.63, 3.8) is 0 Å². The number of guanidine groups is 1. The Hall–Kier alpha value is -0.380. The molecule has 2 N–H and O–H groups in total. The van der Waals surface area contributed by atoms with Gasteiger partial charge in [0, 0.05) is 45.9 Å². The van der Waals surface area contributed by atoms with E-state index in [0.717, 1.165) is 19.4 Å². The van der Waals surface area contributed by atoms with Gasteiger partial charge in [-0.25, -0.2) is 8.42 Å². The van der Waals surface area contributed by atoms with Gasteiger partial charge in [-0.2, -0.15) is 17.5 Å². The molecular formula is C17H32F3IN4O4S. The number of rotatable bonds is 9. The number of hydrogen-bond donors (Lipinski definition) is 2. The highest BCUT2D eigenvalue weighted by atomic mass is 127. The van der Waals surface area contributed by atoms with Crippen molar-refractivity contribution in [3.05, 3.63) is 0 Å². The Labute approximate surface area is 193 Å². The van der Waals surface area contributed by atoms with Crippen molar-refractivity contribution >= 4 is 40.0 Å². The Balaban J connectivity index is 0.00000450. The van der Waals surface area contributed by atoms with Crippen LogP contribution in [0.15, 0.2) is 4.99 Å². The number of hydrogen-bond acceptors (Lipinski definition) is 5. The summed E-state index contributed by atoms with van der Waals surface area (Å²) in [6, 6.07) is 0. The molecule has 0 saturated carbocycles. The van der Waals surface area contributed by atoms with Crippen LogP contribution in [0.2, 0.25) is 0 Å². The smallest absolute Gasteiger partial charge is 0.379 e. The summed E-state index contributed by atoms with van der Waals surface area (Å²) in [5.41, 5.74) is -5.24. The number of alkyl halides is 3. The molecular weight excluding hydrogens is 540 g/mol. The zero-order valence-corrected chi connectivity index (χ0v) is 20.3. The second kappa shape index (κ2) is 13.2. The molecule has 2 aliphatic heterocycles. The molecule has 0 aromatic heterocycles. The highest BCUT2D eigenvalue weighted by molar-refractivity contribution is 14.0. The molecule has 13 heteroatoms. The number of ether oxygens (including phenoxy) is 2. The predicted octanol–water partition coefficient (Wildman–Crippen LogP) is 1.92. The monoisotopic (exact) mass is 572 g/mol. The topological polar surface area (TPSA) is 92.3 Å². The molecule has 178 valence electrons. The average Bonchev–Trinajstić information content (AvgIpc) is 3.18. The lowest BCUT2D eigenvalue weighted by Crippen LogP contribution is -2.45. The van der Waals surface area contributed by atoms with Gasteiger partial charge in [-0.3, -0.25) is 4.99 Å². The molecule has 0 amide bonds. The second-order valence-corrected chi connectivity index (χ2v) is 9.08. The van der Waals surface area contributed by atoms with E-state index in [1.165, 1.54) is 0 Å². The fraction of sp³-hybridized carbons (Fsp3) is 0.941. The molecule has 0 radical (unpaired) electrons. The second-order valence-electron chi connectivity index (χ2n) is 7.15. The molecule has 0 spiro atoms. The maximum absolute atomic E-state index is 12.6. The third kappa shape index (κ3) is 8.63. The van der Waals surface area contributed by atoms with Crippen LogP contribution in [0, 0.1) is 5.92 Å². The predicted molar refractivity (Wildman–Crippen MR) is 118 cm³/mol. The number of aliphatic imine (C=N–C) groups is 1. The molecule has 0 aromatic rings. The van der Waals surface area contributed by atoms with Gasteiger partial charge in [-0.05, 0) is 38.5 Å². The standard InChI is InChI=1S/C17H31F3N4O4S.HI/c1-2-21-16(22-7-3-10-28-15-6-11-27-13-15)23-12-14-4-8-24(9-5-14)29(25,26)17(18,19)20;/h14-15H,2-13H2,1H3,(H2,21,22,23);1H. The van der Waals surface area contributed by atoms with Gasteiger partial charge in [0.2, 0.25) is 0 Å². The van der Waals surface area contributed by atoms with Crippen molar-refractivity contribution < 1.29 is 31.1 Å². The number of halogens is 4. The lowest BCUT2D eigenvalue weighted by molar-refractivity contribution is -0.0496. The summed E-state index contributed by atoms with van der Waals surface area (Å²) in [7, 11) is -5.23. The average molecular weight is 572 g/mol.